The van der Waals surface area contributed by atoms with Crippen molar-refractivity contribution in [1.82, 2.24) is 9.55 Å². The van der Waals surface area contributed by atoms with E-state index in [1.807, 2.05) is 42.6 Å². The summed E-state index contributed by atoms with van der Waals surface area (Å²) in [5.74, 6) is 0. The van der Waals surface area contributed by atoms with Crippen molar-refractivity contribution >= 4 is 10.9 Å². The average molecular weight is 233 g/mol. The van der Waals surface area contributed by atoms with E-state index < -0.39 is 0 Å². The van der Waals surface area contributed by atoms with E-state index in [-0.39, 0.29) is 0 Å². The molecule has 3 rings (SSSR count). The maximum atomic E-state index is 8.94. The van der Waals surface area contributed by atoms with Crippen molar-refractivity contribution in [2.24, 2.45) is 0 Å². The first kappa shape index (κ1) is 10.5. The van der Waals surface area contributed by atoms with Crippen LogP contribution < -0.4 is 0 Å². The lowest BCUT2D eigenvalue weighted by Gasteiger charge is -2.04. The number of fused-ring (bicyclic) bond motifs is 1. The molecule has 2 aromatic heterocycles. The summed E-state index contributed by atoms with van der Waals surface area (Å²) in [6, 6.07) is 15.8. The third-order valence-corrected chi connectivity index (χ3v) is 2.96. The number of hydrogen-bond donors (Lipinski definition) is 0. The lowest BCUT2D eigenvalue weighted by atomic mass is 10.2. The molecule has 3 nitrogen and oxygen atoms in total. The minimum absolute atomic E-state index is 0.684. The molecule has 0 aliphatic rings. The van der Waals surface area contributed by atoms with Gasteiger partial charge in [0.25, 0.3) is 0 Å². The third kappa shape index (κ3) is 1.85. The van der Waals surface area contributed by atoms with Crippen LogP contribution in [0.15, 0.2) is 54.9 Å². The summed E-state index contributed by atoms with van der Waals surface area (Å²) in [6.07, 6.45) is 3.82. The van der Waals surface area contributed by atoms with E-state index in [2.05, 4.69) is 21.7 Å². The van der Waals surface area contributed by atoms with E-state index in [0.29, 0.717) is 5.56 Å². The van der Waals surface area contributed by atoms with E-state index >= 15 is 0 Å². The fourth-order valence-electron chi connectivity index (χ4n) is 2.06. The topological polar surface area (TPSA) is 41.6 Å². The van der Waals surface area contributed by atoms with Crippen molar-refractivity contribution in [2.75, 3.05) is 0 Å². The Labute approximate surface area is 105 Å². The van der Waals surface area contributed by atoms with Crippen LogP contribution in [-0.4, -0.2) is 9.55 Å². The smallest absolute Gasteiger partial charge is 0.0992 e. The molecule has 0 bridgehead atoms. The first-order chi connectivity index (χ1) is 8.86. The quantitative estimate of drug-likeness (QED) is 0.682. The zero-order chi connectivity index (χ0) is 12.4. The molecular weight excluding hydrogens is 222 g/mol. The molecule has 0 spiro atoms. The van der Waals surface area contributed by atoms with Gasteiger partial charge in [-0.05, 0) is 35.7 Å². The molecule has 18 heavy (non-hydrogen) atoms. The fraction of sp³-hybridized carbons (Fsp3) is 0.0667. The fourth-order valence-corrected chi connectivity index (χ4v) is 2.06. The van der Waals surface area contributed by atoms with E-state index in [1.165, 1.54) is 0 Å². The molecule has 0 unspecified atom stereocenters. The average Bonchev–Trinajstić information content (AvgIpc) is 2.82. The van der Waals surface area contributed by atoms with E-state index in [0.717, 1.165) is 23.1 Å². The van der Waals surface area contributed by atoms with Crippen LogP contribution >= 0.6 is 0 Å². The molecule has 2 heterocycles. The van der Waals surface area contributed by atoms with Gasteiger partial charge in [0, 0.05) is 17.9 Å². The highest BCUT2D eigenvalue weighted by molar-refractivity contribution is 5.81. The predicted octanol–water partition coefficient (Wildman–Crippen LogP) is 2.96. The molecule has 0 amide bonds. The van der Waals surface area contributed by atoms with Gasteiger partial charge in [0.1, 0.15) is 0 Å². The van der Waals surface area contributed by atoms with Crippen LogP contribution in [0.1, 0.15) is 11.3 Å². The lowest BCUT2D eigenvalue weighted by Crippen LogP contribution is -1.99. The Morgan fingerprint density at radius 2 is 2.11 bits per heavy atom. The van der Waals surface area contributed by atoms with Crippen LogP contribution in [-0.2, 0) is 6.54 Å². The molecule has 86 valence electrons. The van der Waals surface area contributed by atoms with Crippen molar-refractivity contribution in [3.05, 3.63) is 66.1 Å². The van der Waals surface area contributed by atoms with Crippen LogP contribution in [0.4, 0.5) is 0 Å². The summed E-state index contributed by atoms with van der Waals surface area (Å²) in [7, 11) is 0. The summed E-state index contributed by atoms with van der Waals surface area (Å²) >= 11 is 0. The largest absolute Gasteiger partial charge is 0.341 e. The van der Waals surface area contributed by atoms with E-state index in [4.69, 9.17) is 5.26 Å². The molecule has 3 heteroatoms. The van der Waals surface area contributed by atoms with E-state index in [9.17, 15) is 0 Å². The van der Waals surface area contributed by atoms with Crippen molar-refractivity contribution in [1.29, 1.82) is 5.26 Å². The monoisotopic (exact) mass is 233 g/mol. The Kier molecular flexibility index (Phi) is 2.54. The maximum absolute atomic E-state index is 8.94. The summed E-state index contributed by atoms with van der Waals surface area (Å²) in [5.41, 5.74) is 2.76. The van der Waals surface area contributed by atoms with Crippen molar-refractivity contribution in [3.63, 3.8) is 0 Å². The standard InChI is InChI=1S/C15H11N3/c16-10-12-4-5-13-6-8-18(15(13)9-12)11-14-3-1-2-7-17-14/h1-9H,11H2. The summed E-state index contributed by atoms with van der Waals surface area (Å²) < 4.78 is 2.11. The second kappa shape index (κ2) is 4.34. The van der Waals surface area contributed by atoms with Crippen molar-refractivity contribution in [3.8, 4) is 6.07 Å². The van der Waals surface area contributed by atoms with Gasteiger partial charge in [-0.3, -0.25) is 4.98 Å². The molecule has 0 aliphatic carbocycles. The molecule has 3 aromatic rings. The van der Waals surface area contributed by atoms with Gasteiger partial charge >= 0.3 is 0 Å². The molecule has 1 aromatic carbocycles. The highest BCUT2D eigenvalue weighted by atomic mass is 15.0. The second-order valence-electron chi connectivity index (χ2n) is 4.15. The Hall–Kier alpha value is -2.60. The first-order valence-corrected chi connectivity index (χ1v) is 5.76. The van der Waals surface area contributed by atoms with Crippen LogP contribution in [0.5, 0.6) is 0 Å². The molecule has 0 fully saturated rings. The van der Waals surface area contributed by atoms with Gasteiger partial charge in [-0.25, -0.2) is 0 Å². The Bertz CT molecular complexity index is 720. The predicted molar refractivity (Wildman–Crippen MR) is 70.0 cm³/mol. The molecule has 0 N–H and O–H groups in total. The highest BCUT2D eigenvalue weighted by Crippen LogP contribution is 2.18. The highest BCUT2D eigenvalue weighted by Gasteiger charge is 2.03. The van der Waals surface area contributed by atoms with Gasteiger partial charge in [0.2, 0.25) is 0 Å². The number of nitriles is 1. The molecule has 0 saturated carbocycles. The Morgan fingerprint density at radius 1 is 1.17 bits per heavy atom. The summed E-state index contributed by atoms with van der Waals surface area (Å²) in [4.78, 5) is 4.32. The molecule has 0 aliphatic heterocycles. The lowest BCUT2D eigenvalue weighted by molar-refractivity contribution is 0.807. The van der Waals surface area contributed by atoms with Gasteiger partial charge in [-0.1, -0.05) is 12.1 Å². The summed E-state index contributed by atoms with van der Waals surface area (Å²) in [6.45, 7) is 0.721. The number of benzene rings is 1. The van der Waals surface area contributed by atoms with Gasteiger partial charge < -0.3 is 4.57 Å². The number of nitrogens with zero attached hydrogens (tertiary/aromatic N) is 3. The zero-order valence-corrected chi connectivity index (χ0v) is 9.74. The minimum atomic E-state index is 0.684. The van der Waals surface area contributed by atoms with Crippen molar-refractivity contribution < 1.29 is 0 Å². The maximum Gasteiger partial charge on any atom is 0.0992 e. The van der Waals surface area contributed by atoms with Crippen LogP contribution in [0.25, 0.3) is 10.9 Å². The van der Waals surface area contributed by atoms with Gasteiger partial charge in [0.05, 0.1) is 23.9 Å². The summed E-state index contributed by atoms with van der Waals surface area (Å²) in [5, 5.41) is 10.1. The SMILES string of the molecule is N#Cc1ccc2ccn(Cc3ccccn3)c2c1. The molecule has 0 atom stereocenters. The van der Waals surface area contributed by atoms with Crippen LogP contribution in [0.3, 0.4) is 0 Å². The first-order valence-electron chi connectivity index (χ1n) is 5.76. The third-order valence-electron chi connectivity index (χ3n) is 2.96. The minimum Gasteiger partial charge on any atom is -0.341 e. The van der Waals surface area contributed by atoms with Gasteiger partial charge in [-0.15, -0.1) is 0 Å². The second-order valence-corrected chi connectivity index (χ2v) is 4.15. The zero-order valence-electron chi connectivity index (χ0n) is 9.74. The van der Waals surface area contributed by atoms with E-state index in [1.54, 1.807) is 6.20 Å². The number of hydrogen-bond acceptors (Lipinski definition) is 2. The molecular formula is C15H11N3. The Morgan fingerprint density at radius 3 is 2.89 bits per heavy atom. The van der Waals surface area contributed by atoms with Crippen LogP contribution in [0.2, 0.25) is 0 Å². The normalized spacial score (nSPS) is 10.4. The molecule has 0 radical (unpaired) electrons. The number of pyridine rings is 1. The van der Waals surface area contributed by atoms with Crippen molar-refractivity contribution in [2.45, 2.75) is 6.54 Å². The van der Waals surface area contributed by atoms with Gasteiger partial charge in [0.15, 0.2) is 0 Å². The Balaban J connectivity index is 2.05. The number of rotatable bonds is 2. The molecule has 0 saturated heterocycles. The van der Waals surface area contributed by atoms with Crippen LogP contribution in [0, 0.1) is 11.3 Å². The van der Waals surface area contributed by atoms with Gasteiger partial charge in [-0.2, -0.15) is 5.26 Å². The number of aromatic nitrogens is 2.